The lowest BCUT2D eigenvalue weighted by molar-refractivity contribution is 0.0695. The van der Waals surface area contributed by atoms with Gasteiger partial charge in [0.2, 0.25) is 0 Å². The first-order valence-electron chi connectivity index (χ1n) is 5.02. The third-order valence-corrected chi connectivity index (χ3v) is 2.64. The van der Waals surface area contributed by atoms with Crippen LogP contribution in [-0.4, -0.2) is 25.2 Å². The summed E-state index contributed by atoms with van der Waals surface area (Å²) in [5.74, 6) is -0.847. The van der Waals surface area contributed by atoms with Crippen molar-refractivity contribution >= 4 is 11.7 Å². The second-order valence-corrected chi connectivity index (χ2v) is 3.79. The van der Waals surface area contributed by atoms with Crippen LogP contribution >= 0.6 is 0 Å². The number of rotatable bonds is 3. The van der Waals surface area contributed by atoms with E-state index in [-0.39, 0.29) is 0 Å². The molecule has 15 heavy (non-hydrogen) atoms. The number of anilines is 1. The Bertz CT molecular complexity index is 383. The maximum Gasteiger partial charge on any atom is 0.335 e. The van der Waals surface area contributed by atoms with Crippen LogP contribution in [0, 0.1) is 6.92 Å². The van der Waals surface area contributed by atoms with E-state index in [1.54, 1.807) is 6.07 Å². The van der Waals surface area contributed by atoms with Crippen LogP contribution in [0.4, 0.5) is 5.69 Å². The van der Waals surface area contributed by atoms with Gasteiger partial charge in [-0.15, -0.1) is 0 Å². The number of carboxylic acid groups (broad SMARTS) is 1. The van der Waals surface area contributed by atoms with Gasteiger partial charge in [-0.1, -0.05) is 6.92 Å². The summed E-state index contributed by atoms with van der Waals surface area (Å²) >= 11 is 0. The van der Waals surface area contributed by atoms with Crippen LogP contribution in [-0.2, 0) is 6.42 Å². The SMILES string of the molecule is CCc1c(C(=O)O)ccc(N(C)C)c1C. The zero-order valence-corrected chi connectivity index (χ0v) is 9.66. The van der Waals surface area contributed by atoms with Gasteiger partial charge < -0.3 is 10.0 Å². The van der Waals surface area contributed by atoms with Gasteiger partial charge in [0.15, 0.2) is 0 Å². The molecule has 3 nitrogen and oxygen atoms in total. The molecule has 82 valence electrons. The Labute approximate surface area is 90.3 Å². The molecule has 0 atom stereocenters. The minimum atomic E-state index is -0.847. The Morgan fingerprint density at radius 2 is 2.00 bits per heavy atom. The molecule has 0 unspecified atom stereocenters. The van der Waals surface area contributed by atoms with Crippen LogP contribution in [0.2, 0.25) is 0 Å². The van der Waals surface area contributed by atoms with Crippen molar-refractivity contribution in [1.29, 1.82) is 0 Å². The van der Waals surface area contributed by atoms with Gasteiger partial charge in [-0.2, -0.15) is 0 Å². The van der Waals surface area contributed by atoms with Crippen LogP contribution in [0.5, 0.6) is 0 Å². The maximum absolute atomic E-state index is 11.0. The van der Waals surface area contributed by atoms with E-state index in [0.717, 1.165) is 23.2 Å². The molecule has 0 aliphatic rings. The molecule has 0 aliphatic heterocycles. The number of hydrogen-bond donors (Lipinski definition) is 1. The van der Waals surface area contributed by atoms with E-state index in [9.17, 15) is 4.79 Å². The van der Waals surface area contributed by atoms with Gasteiger partial charge in [0.1, 0.15) is 0 Å². The fraction of sp³-hybridized carbons (Fsp3) is 0.417. The first kappa shape index (κ1) is 11.6. The number of carboxylic acids is 1. The molecule has 0 saturated carbocycles. The van der Waals surface area contributed by atoms with Crippen molar-refractivity contribution in [2.45, 2.75) is 20.3 Å². The van der Waals surface area contributed by atoms with Crippen LogP contribution in [0.25, 0.3) is 0 Å². The smallest absolute Gasteiger partial charge is 0.335 e. The first-order chi connectivity index (χ1) is 6.99. The minimum absolute atomic E-state index is 0.417. The van der Waals surface area contributed by atoms with Crippen LogP contribution in [0.15, 0.2) is 12.1 Å². The summed E-state index contributed by atoms with van der Waals surface area (Å²) in [6, 6.07) is 3.54. The lowest BCUT2D eigenvalue weighted by Crippen LogP contribution is -2.13. The van der Waals surface area contributed by atoms with E-state index in [1.807, 2.05) is 38.9 Å². The van der Waals surface area contributed by atoms with E-state index >= 15 is 0 Å². The molecular formula is C12H17NO2. The van der Waals surface area contributed by atoms with Gasteiger partial charge >= 0.3 is 5.97 Å². The largest absolute Gasteiger partial charge is 0.478 e. The normalized spacial score (nSPS) is 10.1. The highest BCUT2D eigenvalue weighted by molar-refractivity contribution is 5.90. The fourth-order valence-corrected chi connectivity index (χ4v) is 1.88. The van der Waals surface area contributed by atoms with Crippen LogP contribution < -0.4 is 4.90 Å². The predicted molar refractivity (Wildman–Crippen MR) is 61.8 cm³/mol. The summed E-state index contributed by atoms with van der Waals surface area (Å²) in [5, 5.41) is 9.04. The second-order valence-electron chi connectivity index (χ2n) is 3.79. The van der Waals surface area contributed by atoms with Gasteiger partial charge in [0.25, 0.3) is 0 Å². The quantitative estimate of drug-likeness (QED) is 0.827. The van der Waals surface area contributed by atoms with Gasteiger partial charge in [0, 0.05) is 19.8 Å². The molecule has 0 heterocycles. The van der Waals surface area contributed by atoms with E-state index in [1.165, 1.54) is 0 Å². The summed E-state index contributed by atoms with van der Waals surface area (Å²) < 4.78 is 0. The molecule has 0 radical (unpaired) electrons. The highest BCUT2D eigenvalue weighted by Gasteiger charge is 2.14. The lowest BCUT2D eigenvalue weighted by atomic mass is 9.98. The highest BCUT2D eigenvalue weighted by atomic mass is 16.4. The molecule has 1 aromatic rings. The molecule has 0 fully saturated rings. The maximum atomic E-state index is 11.0. The Hall–Kier alpha value is -1.51. The summed E-state index contributed by atoms with van der Waals surface area (Å²) in [4.78, 5) is 13.0. The third-order valence-electron chi connectivity index (χ3n) is 2.64. The monoisotopic (exact) mass is 207 g/mol. The number of hydrogen-bond acceptors (Lipinski definition) is 2. The Kier molecular flexibility index (Phi) is 3.35. The minimum Gasteiger partial charge on any atom is -0.478 e. The van der Waals surface area contributed by atoms with E-state index in [2.05, 4.69) is 0 Å². The average Bonchev–Trinajstić information content (AvgIpc) is 2.16. The van der Waals surface area contributed by atoms with E-state index in [4.69, 9.17) is 5.11 Å². The van der Waals surface area contributed by atoms with Crippen molar-refractivity contribution in [3.05, 3.63) is 28.8 Å². The molecule has 0 amide bonds. The Balaban J connectivity index is 3.39. The topological polar surface area (TPSA) is 40.5 Å². The van der Waals surface area contributed by atoms with Crippen LogP contribution in [0.3, 0.4) is 0 Å². The standard InChI is InChI=1S/C12H17NO2/c1-5-9-8(2)11(13(3)4)7-6-10(9)12(14)15/h6-7H,5H2,1-4H3,(H,14,15). The zero-order chi connectivity index (χ0) is 11.6. The van der Waals surface area contributed by atoms with Crippen LogP contribution in [0.1, 0.15) is 28.4 Å². The number of benzene rings is 1. The van der Waals surface area contributed by atoms with Crippen molar-refractivity contribution in [2.75, 3.05) is 19.0 Å². The highest BCUT2D eigenvalue weighted by Crippen LogP contribution is 2.25. The molecule has 0 aromatic heterocycles. The number of aromatic carboxylic acids is 1. The zero-order valence-electron chi connectivity index (χ0n) is 9.66. The van der Waals surface area contributed by atoms with Crippen molar-refractivity contribution < 1.29 is 9.90 Å². The third kappa shape index (κ3) is 2.12. The predicted octanol–water partition coefficient (Wildman–Crippen LogP) is 2.32. The van der Waals surface area contributed by atoms with Gasteiger partial charge in [-0.25, -0.2) is 4.79 Å². The van der Waals surface area contributed by atoms with Gasteiger partial charge in [0.05, 0.1) is 5.56 Å². The molecule has 0 spiro atoms. The molecule has 0 aliphatic carbocycles. The van der Waals surface area contributed by atoms with Crippen molar-refractivity contribution in [3.8, 4) is 0 Å². The number of nitrogens with zero attached hydrogens (tertiary/aromatic N) is 1. The van der Waals surface area contributed by atoms with E-state index < -0.39 is 5.97 Å². The molecule has 0 bridgehead atoms. The molecule has 1 N–H and O–H groups in total. The van der Waals surface area contributed by atoms with Gasteiger partial charge in [-0.05, 0) is 36.6 Å². The fourth-order valence-electron chi connectivity index (χ4n) is 1.88. The average molecular weight is 207 g/mol. The summed E-state index contributed by atoms with van der Waals surface area (Å²) in [6.45, 7) is 3.95. The molecule has 3 heteroatoms. The molecule has 0 saturated heterocycles. The van der Waals surface area contributed by atoms with Crippen molar-refractivity contribution in [2.24, 2.45) is 0 Å². The summed E-state index contributed by atoms with van der Waals surface area (Å²) in [6.07, 6.45) is 0.745. The lowest BCUT2D eigenvalue weighted by Gasteiger charge is -2.19. The number of carbonyl (C=O) groups is 1. The Morgan fingerprint density at radius 3 is 2.40 bits per heavy atom. The second kappa shape index (κ2) is 4.34. The summed E-state index contributed by atoms with van der Waals surface area (Å²) in [5.41, 5.74) is 3.48. The van der Waals surface area contributed by atoms with E-state index in [0.29, 0.717) is 5.56 Å². The summed E-state index contributed by atoms with van der Waals surface area (Å²) in [7, 11) is 3.92. The molecular weight excluding hydrogens is 190 g/mol. The molecule has 1 aromatic carbocycles. The van der Waals surface area contributed by atoms with Crippen molar-refractivity contribution in [1.82, 2.24) is 0 Å². The first-order valence-corrected chi connectivity index (χ1v) is 5.02. The Morgan fingerprint density at radius 1 is 1.40 bits per heavy atom. The van der Waals surface area contributed by atoms with Crippen molar-refractivity contribution in [3.63, 3.8) is 0 Å². The van der Waals surface area contributed by atoms with Gasteiger partial charge in [-0.3, -0.25) is 0 Å². The molecule has 1 rings (SSSR count).